The van der Waals surface area contributed by atoms with Crippen molar-refractivity contribution in [3.63, 3.8) is 0 Å². The topological polar surface area (TPSA) is 92.8 Å². The minimum atomic E-state index is -3.39. The summed E-state index contributed by atoms with van der Waals surface area (Å²) in [6.07, 6.45) is 1.67. The highest BCUT2D eigenvalue weighted by molar-refractivity contribution is 7.92. The molecule has 0 saturated heterocycles. The van der Waals surface area contributed by atoms with Gasteiger partial charge in [-0.05, 0) is 74.2 Å². The number of nitrogens with one attached hydrogen (secondary N) is 1. The zero-order valence-corrected chi connectivity index (χ0v) is 17.7. The standard InChI is InChI=1S/C21H24N2O5S/c1-13-5-7-18(9-14(13)2)22-20(24)12-28-21(25)16-6-8-19-17(11-16)10-15(3)23(19)29(4,26)27/h5-9,11,15H,10,12H2,1-4H3,(H,22,24)/t15-/m0/s1. The Morgan fingerprint density at radius 1 is 1.14 bits per heavy atom. The molecule has 29 heavy (non-hydrogen) atoms. The van der Waals surface area contributed by atoms with Gasteiger partial charge in [-0.25, -0.2) is 13.2 Å². The van der Waals surface area contributed by atoms with Crippen molar-refractivity contribution < 1.29 is 22.7 Å². The lowest BCUT2D eigenvalue weighted by Gasteiger charge is -2.21. The summed E-state index contributed by atoms with van der Waals surface area (Å²) in [4.78, 5) is 24.4. The van der Waals surface area contributed by atoms with E-state index in [1.54, 1.807) is 18.2 Å². The maximum Gasteiger partial charge on any atom is 0.338 e. The van der Waals surface area contributed by atoms with Crippen molar-refractivity contribution in [2.24, 2.45) is 0 Å². The number of rotatable bonds is 5. The fourth-order valence-corrected chi connectivity index (χ4v) is 4.73. The SMILES string of the molecule is Cc1ccc(NC(=O)COC(=O)c2ccc3c(c2)C[C@H](C)N3S(C)(=O)=O)cc1C. The molecule has 1 N–H and O–H groups in total. The Balaban J connectivity index is 1.64. The smallest absolute Gasteiger partial charge is 0.338 e. The monoisotopic (exact) mass is 416 g/mol. The Morgan fingerprint density at radius 2 is 1.86 bits per heavy atom. The van der Waals surface area contributed by atoms with Gasteiger partial charge in [-0.1, -0.05) is 6.07 Å². The Kier molecular flexibility index (Phi) is 5.66. The van der Waals surface area contributed by atoms with E-state index in [9.17, 15) is 18.0 Å². The molecule has 1 heterocycles. The van der Waals surface area contributed by atoms with Crippen LogP contribution in [-0.4, -0.2) is 39.2 Å². The van der Waals surface area contributed by atoms with Crippen LogP contribution in [0.15, 0.2) is 36.4 Å². The highest BCUT2D eigenvalue weighted by Crippen LogP contribution is 2.34. The number of carbonyl (C=O) groups excluding carboxylic acids is 2. The lowest BCUT2D eigenvalue weighted by molar-refractivity contribution is -0.119. The molecule has 0 radical (unpaired) electrons. The summed E-state index contributed by atoms with van der Waals surface area (Å²) in [5, 5.41) is 2.70. The predicted molar refractivity (Wildman–Crippen MR) is 112 cm³/mol. The molecule has 2 aromatic rings. The second-order valence-corrected chi connectivity index (χ2v) is 9.24. The molecule has 0 aromatic heterocycles. The molecule has 1 aliphatic heterocycles. The number of hydrogen-bond donors (Lipinski definition) is 1. The van der Waals surface area contributed by atoms with Gasteiger partial charge in [0.25, 0.3) is 5.91 Å². The molecule has 8 heteroatoms. The van der Waals surface area contributed by atoms with E-state index in [0.717, 1.165) is 22.9 Å². The van der Waals surface area contributed by atoms with Crippen molar-refractivity contribution in [3.8, 4) is 0 Å². The maximum atomic E-state index is 12.3. The number of amides is 1. The van der Waals surface area contributed by atoms with Crippen molar-refractivity contribution in [2.75, 3.05) is 22.5 Å². The third-order valence-electron chi connectivity index (χ3n) is 4.95. The predicted octanol–water partition coefficient (Wildman–Crippen LogP) is 2.81. The van der Waals surface area contributed by atoms with Crippen LogP contribution in [0, 0.1) is 13.8 Å². The average molecular weight is 416 g/mol. The molecule has 154 valence electrons. The van der Waals surface area contributed by atoms with Gasteiger partial charge < -0.3 is 10.1 Å². The first kappa shape index (κ1) is 20.9. The van der Waals surface area contributed by atoms with Crippen molar-refractivity contribution in [3.05, 3.63) is 58.7 Å². The fourth-order valence-electron chi connectivity index (χ4n) is 3.47. The van der Waals surface area contributed by atoms with Crippen molar-refractivity contribution in [1.29, 1.82) is 0 Å². The van der Waals surface area contributed by atoms with Gasteiger partial charge in [0.1, 0.15) is 0 Å². The molecule has 7 nitrogen and oxygen atoms in total. The van der Waals surface area contributed by atoms with Crippen LogP contribution >= 0.6 is 0 Å². The number of esters is 1. The third-order valence-corrected chi connectivity index (χ3v) is 6.22. The summed E-state index contributed by atoms with van der Waals surface area (Å²) < 4.78 is 30.4. The van der Waals surface area contributed by atoms with Crippen molar-refractivity contribution in [1.82, 2.24) is 0 Å². The van der Waals surface area contributed by atoms with Crippen LogP contribution in [0.5, 0.6) is 0 Å². The largest absolute Gasteiger partial charge is 0.452 e. The van der Waals surface area contributed by atoms with Crippen LogP contribution in [-0.2, 0) is 26.0 Å². The van der Waals surface area contributed by atoms with Gasteiger partial charge in [0.05, 0.1) is 17.5 Å². The van der Waals surface area contributed by atoms with E-state index in [0.29, 0.717) is 17.8 Å². The van der Waals surface area contributed by atoms with Crippen LogP contribution in [0.2, 0.25) is 0 Å². The number of aryl methyl sites for hydroxylation is 2. The number of sulfonamides is 1. The number of ether oxygens (including phenoxy) is 1. The van der Waals surface area contributed by atoms with E-state index in [1.165, 1.54) is 10.4 Å². The molecule has 0 spiro atoms. The summed E-state index contributed by atoms with van der Waals surface area (Å²) in [6, 6.07) is 10.1. The molecule has 1 aliphatic rings. The average Bonchev–Trinajstić information content (AvgIpc) is 2.97. The zero-order chi connectivity index (χ0) is 21.3. The summed E-state index contributed by atoms with van der Waals surface area (Å²) >= 11 is 0. The fraction of sp³-hybridized carbons (Fsp3) is 0.333. The molecule has 1 atom stereocenters. The molecule has 0 fully saturated rings. The first-order valence-corrected chi connectivity index (χ1v) is 11.1. The normalized spacial score (nSPS) is 15.7. The lowest BCUT2D eigenvalue weighted by Crippen LogP contribution is -2.34. The quantitative estimate of drug-likeness (QED) is 0.757. The second kappa shape index (κ2) is 7.87. The van der Waals surface area contributed by atoms with E-state index in [1.807, 2.05) is 32.9 Å². The highest BCUT2D eigenvalue weighted by atomic mass is 32.2. The number of carbonyl (C=O) groups is 2. The van der Waals surface area contributed by atoms with Gasteiger partial charge in [-0.3, -0.25) is 9.10 Å². The third kappa shape index (κ3) is 4.59. The van der Waals surface area contributed by atoms with Gasteiger partial charge in [-0.15, -0.1) is 0 Å². The Bertz CT molecular complexity index is 1080. The van der Waals surface area contributed by atoms with Crippen LogP contribution in [0.1, 0.15) is 34.0 Å². The maximum absolute atomic E-state index is 12.3. The van der Waals surface area contributed by atoms with E-state index in [-0.39, 0.29) is 11.6 Å². The Hall–Kier alpha value is -2.87. The van der Waals surface area contributed by atoms with Crippen molar-refractivity contribution >= 4 is 33.3 Å². The number of fused-ring (bicyclic) bond motifs is 1. The number of nitrogens with zero attached hydrogens (tertiary/aromatic N) is 1. The van der Waals surface area contributed by atoms with Gasteiger partial charge >= 0.3 is 5.97 Å². The number of hydrogen-bond acceptors (Lipinski definition) is 5. The van der Waals surface area contributed by atoms with Crippen LogP contribution in [0.4, 0.5) is 11.4 Å². The van der Waals surface area contributed by atoms with E-state index < -0.39 is 28.5 Å². The van der Waals surface area contributed by atoms with E-state index in [4.69, 9.17) is 4.74 Å². The lowest BCUT2D eigenvalue weighted by atomic mass is 10.1. The molecule has 0 aliphatic carbocycles. The summed E-state index contributed by atoms with van der Waals surface area (Å²) in [5.74, 6) is -1.06. The summed E-state index contributed by atoms with van der Waals surface area (Å²) in [5.41, 5.74) is 4.43. The van der Waals surface area contributed by atoms with Crippen LogP contribution in [0.3, 0.4) is 0 Å². The molecule has 0 unspecified atom stereocenters. The molecule has 2 aromatic carbocycles. The van der Waals surface area contributed by atoms with Crippen molar-refractivity contribution in [2.45, 2.75) is 33.2 Å². The molecular weight excluding hydrogens is 392 g/mol. The number of benzene rings is 2. The van der Waals surface area contributed by atoms with Gasteiger partial charge in [0.2, 0.25) is 10.0 Å². The van der Waals surface area contributed by atoms with E-state index >= 15 is 0 Å². The Labute approximate surface area is 170 Å². The molecule has 0 saturated carbocycles. The van der Waals surface area contributed by atoms with Gasteiger partial charge in [0, 0.05) is 11.7 Å². The van der Waals surface area contributed by atoms with Crippen LogP contribution < -0.4 is 9.62 Å². The van der Waals surface area contributed by atoms with E-state index in [2.05, 4.69) is 5.32 Å². The Morgan fingerprint density at radius 3 is 2.52 bits per heavy atom. The minimum absolute atomic E-state index is 0.213. The van der Waals surface area contributed by atoms with Crippen LogP contribution in [0.25, 0.3) is 0 Å². The molecule has 3 rings (SSSR count). The van der Waals surface area contributed by atoms with Gasteiger partial charge in [0.15, 0.2) is 6.61 Å². The number of anilines is 2. The second-order valence-electron chi connectivity index (χ2n) is 7.38. The first-order chi connectivity index (χ1) is 13.6. The summed E-state index contributed by atoms with van der Waals surface area (Å²) in [7, 11) is -3.39. The molecule has 0 bridgehead atoms. The minimum Gasteiger partial charge on any atom is -0.452 e. The zero-order valence-electron chi connectivity index (χ0n) is 16.9. The first-order valence-electron chi connectivity index (χ1n) is 9.23. The molecular formula is C21H24N2O5S. The summed E-state index contributed by atoms with van der Waals surface area (Å²) in [6.45, 7) is 5.34. The molecule has 1 amide bonds. The highest BCUT2D eigenvalue weighted by Gasteiger charge is 2.32. The van der Waals surface area contributed by atoms with Gasteiger partial charge in [-0.2, -0.15) is 0 Å².